The van der Waals surface area contributed by atoms with Gasteiger partial charge in [0, 0.05) is 43.4 Å². The van der Waals surface area contributed by atoms with Crippen LogP contribution in [0.3, 0.4) is 0 Å². The largest absolute Gasteiger partial charge is 0.368 e. The first-order chi connectivity index (χ1) is 13.8. The van der Waals surface area contributed by atoms with Crippen molar-refractivity contribution in [1.29, 1.82) is 0 Å². The van der Waals surface area contributed by atoms with Crippen LogP contribution in [0.25, 0.3) is 0 Å². The zero-order valence-corrected chi connectivity index (χ0v) is 16.4. The van der Waals surface area contributed by atoms with Crippen LogP contribution >= 0.6 is 11.6 Å². The van der Waals surface area contributed by atoms with E-state index in [-0.39, 0.29) is 0 Å². The lowest BCUT2D eigenvalue weighted by atomic mass is 10.1. The SMILES string of the molecule is Clc1cccc(CCNc2nncc(N3CCN(c4ccccc4)CC3)n2)c1. The van der Waals surface area contributed by atoms with Crippen LogP contribution in [0, 0.1) is 0 Å². The Balaban J connectivity index is 1.31. The maximum Gasteiger partial charge on any atom is 0.244 e. The van der Waals surface area contributed by atoms with Crippen LogP contribution in [-0.4, -0.2) is 47.9 Å². The van der Waals surface area contributed by atoms with Crippen LogP contribution in [0.2, 0.25) is 5.02 Å². The number of rotatable bonds is 6. The van der Waals surface area contributed by atoms with Crippen molar-refractivity contribution in [2.24, 2.45) is 0 Å². The lowest BCUT2D eigenvalue weighted by molar-refractivity contribution is 0.644. The fourth-order valence-electron chi connectivity index (χ4n) is 3.37. The third-order valence-corrected chi connectivity index (χ3v) is 5.09. The standard InChI is InChI=1S/C21H23ClN6/c22-18-6-4-5-17(15-18)9-10-23-21-25-20(16-24-26-21)28-13-11-27(12-14-28)19-7-2-1-3-8-19/h1-8,15-16H,9-14H2,(H,23,25,26). The number of anilines is 3. The van der Waals surface area contributed by atoms with Crippen molar-refractivity contribution in [2.75, 3.05) is 47.8 Å². The molecule has 1 aliphatic heterocycles. The van der Waals surface area contributed by atoms with E-state index in [0.29, 0.717) is 5.95 Å². The summed E-state index contributed by atoms with van der Waals surface area (Å²) < 4.78 is 0. The topological polar surface area (TPSA) is 57.2 Å². The molecule has 1 aromatic heterocycles. The van der Waals surface area contributed by atoms with E-state index in [0.717, 1.165) is 50.0 Å². The quantitative estimate of drug-likeness (QED) is 0.690. The van der Waals surface area contributed by atoms with Crippen molar-refractivity contribution in [3.8, 4) is 0 Å². The number of halogens is 1. The molecule has 2 heterocycles. The molecule has 0 saturated carbocycles. The van der Waals surface area contributed by atoms with Gasteiger partial charge in [-0.2, -0.15) is 10.1 Å². The number of nitrogens with one attached hydrogen (secondary N) is 1. The highest BCUT2D eigenvalue weighted by atomic mass is 35.5. The summed E-state index contributed by atoms with van der Waals surface area (Å²) in [6.07, 6.45) is 2.59. The molecule has 28 heavy (non-hydrogen) atoms. The van der Waals surface area contributed by atoms with Gasteiger partial charge in [0.2, 0.25) is 5.95 Å². The third kappa shape index (κ3) is 4.70. The molecule has 0 spiro atoms. The Kier molecular flexibility index (Phi) is 5.87. The van der Waals surface area contributed by atoms with Crippen molar-refractivity contribution in [3.05, 3.63) is 71.4 Å². The number of aromatic nitrogens is 3. The van der Waals surface area contributed by atoms with Crippen molar-refractivity contribution >= 4 is 29.1 Å². The number of hydrogen-bond acceptors (Lipinski definition) is 6. The molecular weight excluding hydrogens is 372 g/mol. The molecule has 2 aromatic carbocycles. The smallest absolute Gasteiger partial charge is 0.244 e. The van der Waals surface area contributed by atoms with E-state index >= 15 is 0 Å². The monoisotopic (exact) mass is 394 g/mol. The predicted molar refractivity (Wildman–Crippen MR) is 114 cm³/mol. The summed E-state index contributed by atoms with van der Waals surface area (Å²) in [4.78, 5) is 9.30. The second-order valence-corrected chi connectivity index (χ2v) is 7.19. The van der Waals surface area contributed by atoms with Crippen LogP contribution < -0.4 is 15.1 Å². The Morgan fingerprint density at radius 2 is 1.71 bits per heavy atom. The molecular formula is C21H23ClN6. The van der Waals surface area contributed by atoms with Gasteiger partial charge >= 0.3 is 0 Å². The summed E-state index contributed by atoms with van der Waals surface area (Å²) in [5.74, 6) is 1.43. The van der Waals surface area contributed by atoms with E-state index in [2.05, 4.69) is 60.6 Å². The summed E-state index contributed by atoms with van der Waals surface area (Å²) in [6, 6.07) is 18.4. The lowest BCUT2D eigenvalue weighted by Crippen LogP contribution is -2.46. The van der Waals surface area contributed by atoms with Gasteiger partial charge in [0.1, 0.15) is 0 Å². The van der Waals surface area contributed by atoms with Gasteiger partial charge in [0.05, 0.1) is 6.20 Å². The highest BCUT2D eigenvalue weighted by molar-refractivity contribution is 6.30. The highest BCUT2D eigenvalue weighted by Crippen LogP contribution is 2.19. The number of nitrogens with zero attached hydrogens (tertiary/aromatic N) is 5. The molecule has 6 nitrogen and oxygen atoms in total. The van der Waals surface area contributed by atoms with Gasteiger partial charge in [-0.25, -0.2) is 0 Å². The first-order valence-electron chi connectivity index (χ1n) is 9.51. The first kappa shape index (κ1) is 18.5. The van der Waals surface area contributed by atoms with Gasteiger partial charge in [0.15, 0.2) is 5.82 Å². The molecule has 0 atom stereocenters. The summed E-state index contributed by atoms with van der Waals surface area (Å²) in [5.41, 5.74) is 2.45. The molecule has 0 amide bonds. The minimum Gasteiger partial charge on any atom is -0.368 e. The van der Waals surface area contributed by atoms with Crippen LogP contribution in [0.5, 0.6) is 0 Å². The van der Waals surface area contributed by atoms with E-state index in [1.165, 1.54) is 11.3 Å². The zero-order chi connectivity index (χ0) is 19.2. The highest BCUT2D eigenvalue weighted by Gasteiger charge is 2.19. The molecule has 0 radical (unpaired) electrons. The molecule has 144 valence electrons. The number of para-hydroxylation sites is 1. The maximum atomic E-state index is 6.03. The molecule has 1 N–H and O–H groups in total. The normalized spacial score (nSPS) is 14.2. The average Bonchev–Trinajstić information content (AvgIpc) is 2.75. The third-order valence-electron chi connectivity index (χ3n) is 4.86. The van der Waals surface area contributed by atoms with E-state index in [4.69, 9.17) is 11.6 Å². The lowest BCUT2D eigenvalue weighted by Gasteiger charge is -2.36. The van der Waals surface area contributed by atoms with Crippen LogP contribution in [0.15, 0.2) is 60.8 Å². The molecule has 1 fully saturated rings. The van der Waals surface area contributed by atoms with Crippen molar-refractivity contribution in [2.45, 2.75) is 6.42 Å². The second-order valence-electron chi connectivity index (χ2n) is 6.75. The van der Waals surface area contributed by atoms with Crippen molar-refractivity contribution in [1.82, 2.24) is 15.2 Å². The van der Waals surface area contributed by atoms with E-state index in [1.54, 1.807) is 6.20 Å². The molecule has 1 aliphatic rings. The molecule has 0 bridgehead atoms. The first-order valence-corrected chi connectivity index (χ1v) is 9.89. The summed E-state index contributed by atoms with van der Waals surface area (Å²) >= 11 is 6.03. The van der Waals surface area contributed by atoms with Gasteiger partial charge in [-0.3, -0.25) is 0 Å². The zero-order valence-electron chi connectivity index (χ0n) is 15.6. The summed E-state index contributed by atoms with van der Waals surface area (Å²) in [7, 11) is 0. The fourth-order valence-corrected chi connectivity index (χ4v) is 3.58. The molecule has 0 aliphatic carbocycles. The maximum absolute atomic E-state index is 6.03. The Morgan fingerprint density at radius 1 is 0.929 bits per heavy atom. The minimum absolute atomic E-state index is 0.560. The molecule has 0 unspecified atom stereocenters. The molecule has 1 saturated heterocycles. The van der Waals surface area contributed by atoms with Crippen LogP contribution in [0.1, 0.15) is 5.56 Å². The van der Waals surface area contributed by atoms with E-state index < -0.39 is 0 Å². The van der Waals surface area contributed by atoms with Gasteiger partial charge in [-0.15, -0.1) is 5.10 Å². The van der Waals surface area contributed by atoms with Crippen molar-refractivity contribution < 1.29 is 0 Å². The van der Waals surface area contributed by atoms with E-state index in [9.17, 15) is 0 Å². The van der Waals surface area contributed by atoms with Gasteiger partial charge in [0.25, 0.3) is 0 Å². The molecule has 3 aromatic rings. The summed E-state index contributed by atoms with van der Waals surface area (Å²) in [6.45, 7) is 4.48. The fraction of sp³-hybridized carbons (Fsp3) is 0.286. The Morgan fingerprint density at radius 3 is 2.50 bits per heavy atom. The van der Waals surface area contributed by atoms with Gasteiger partial charge in [-0.05, 0) is 36.2 Å². The van der Waals surface area contributed by atoms with Crippen LogP contribution in [0.4, 0.5) is 17.5 Å². The van der Waals surface area contributed by atoms with Gasteiger partial charge < -0.3 is 15.1 Å². The summed E-state index contributed by atoms with van der Waals surface area (Å²) in [5, 5.41) is 12.3. The number of hydrogen-bond donors (Lipinski definition) is 1. The van der Waals surface area contributed by atoms with Crippen LogP contribution in [-0.2, 0) is 6.42 Å². The number of benzene rings is 2. The number of piperazine rings is 1. The molecule has 7 heteroatoms. The van der Waals surface area contributed by atoms with Crippen molar-refractivity contribution in [3.63, 3.8) is 0 Å². The Bertz CT molecular complexity index is 896. The predicted octanol–water partition coefficient (Wildman–Crippen LogP) is 3.51. The Hall–Kier alpha value is -2.86. The average molecular weight is 395 g/mol. The van der Waals surface area contributed by atoms with E-state index in [1.807, 2.05) is 24.3 Å². The second kappa shape index (κ2) is 8.89. The molecule has 4 rings (SSSR count). The Labute approximate surface area is 170 Å². The van der Waals surface area contributed by atoms with Gasteiger partial charge in [-0.1, -0.05) is 41.9 Å². The minimum atomic E-state index is 0.560.